The molecule has 0 unspecified atom stereocenters. The van der Waals surface area contributed by atoms with Gasteiger partial charge in [0.25, 0.3) is 0 Å². The number of halogens is 3. The summed E-state index contributed by atoms with van der Waals surface area (Å²) in [5, 5.41) is 3.81. The van der Waals surface area contributed by atoms with Crippen LogP contribution in [0.3, 0.4) is 0 Å². The molecule has 1 aliphatic heterocycles. The molecule has 2 rings (SSSR count). The third kappa shape index (κ3) is 2.59. The number of piperazine rings is 1. The number of anilines is 1. The zero-order valence-electron chi connectivity index (χ0n) is 9.09. The van der Waals surface area contributed by atoms with Crippen LogP contribution in [0.15, 0.2) is 12.1 Å². The normalized spacial score (nSPS) is 15.8. The zero-order chi connectivity index (χ0) is 10.8. The monoisotopic (exact) mass is 264 g/mol. The summed E-state index contributed by atoms with van der Waals surface area (Å²) in [5.74, 6) is -0.237. The van der Waals surface area contributed by atoms with Gasteiger partial charge in [0.2, 0.25) is 0 Å². The summed E-state index contributed by atoms with van der Waals surface area (Å²) in [4.78, 5) is 2.19. The minimum Gasteiger partial charge on any atom is -0.368 e. The largest absolute Gasteiger partial charge is 0.368 e. The summed E-state index contributed by atoms with van der Waals surface area (Å²) in [6.45, 7) is 5.46. The van der Waals surface area contributed by atoms with Crippen molar-refractivity contribution in [1.29, 1.82) is 0 Å². The van der Waals surface area contributed by atoms with Crippen LogP contribution in [0.2, 0.25) is 5.02 Å². The van der Waals surface area contributed by atoms with Crippen molar-refractivity contribution in [3.05, 3.63) is 28.5 Å². The van der Waals surface area contributed by atoms with E-state index >= 15 is 0 Å². The molecule has 1 aromatic rings. The van der Waals surface area contributed by atoms with E-state index in [2.05, 4.69) is 10.2 Å². The molecule has 1 saturated heterocycles. The number of hydrogen-bond donors (Lipinski definition) is 1. The number of rotatable bonds is 1. The second kappa shape index (κ2) is 5.71. The van der Waals surface area contributed by atoms with Crippen molar-refractivity contribution in [2.24, 2.45) is 0 Å². The molecule has 90 valence electrons. The van der Waals surface area contributed by atoms with Gasteiger partial charge in [0, 0.05) is 31.7 Å². The molecule has 1 aliphatic rings. The molecular formula is C11H15Cl2FN2. The average molecular weight is 265 g/mol. The lowest BCUT2D eigenvalue weighted by molar-refractivity contribution is 0.586. The Morgan fingerprint density at radius 2 is 1.94 bits per heavy atom. The molecule has 0 spiro atoms. The van der Waals surface area contributed by atoms with Crippen molar-refractivity contribution < 1.29 is 4.39 Å². The third-order valence-electron chi connectivity index (χ3n) is 2.76. The third-order valence-corrected chi connectivity index (χ3v) is 3.23. The first kappa shape index (κ1) is 13.6. The van der Waals surface area contributed by atoms with Crippen LogP contribution in [-0.2, 0) is 0 Å². The van der Waals surface area contributed by atoms with Gasteiger partial charge in [0.05, 0.1) is 10.7 Å². The average Bonchev–Trinajstić information content (AvgIpc) is 2.27. The summed E-state index contributed by atoms with van der Waals surface area (Å²) in [7, 11) is 0. The van der Waals surface area contributed by atoms with Crippen molar-refractivity contribution in [3.63, 3.8) is 0 Å². The molecule has 1 fully saturated rings. The van der Waals surface area contributed by atoms with Gasteiger partial charge in [-0.05, 0) is 19.1 Å². The molecule has 5 heteroatoms. The molecule has 0 radical (unpaired) electrons. The lowest BCUT2D eigenvalue weighted by atomic mass is 10.2. The van der Waals surface area contributed by atoms with Gasteiger partial charge in [-0.15, -0.1) is 12.4 Å². The molecule has 2 nitrogen and oxygen atoms in total. The smallest absolute Gasteiger partial charge is 0.127 e. The minimum absolute atomic E-state index is 0. The fourth-order valence-electron chi connectivity index (χ4n) is 1.80. The topological polar surface area (TPSA) is 15.3 Å². The van der Waals surface area contributed by atoms with Crippen LogP contribution in [0.25, 0.3) is 0 Å². The van der Waals surface area contributed by atoms with E-state index in [1.165, 1.54) is 6.07 Å². The van der Waals surface area contributed by atoms with Crippen LogP contribution in [0.4, 0.5) is 10.1 Å². The lowest BCUT2D eigenvalue weighted by Crippen LogP contribution is -2.43. The highest BCUT2D eigenvalue weighted by Crippen LogP contribution is 2.30. The van der Waals surface area contributed by atoms with Crippen molar-refractivity contribution >= 4 is 29.7 Å². The molecule has 1 heterocycles. The lowest BCUT2D eigenvalue weighted by Gasteiger charge is -2.30. The van der Waals surface area contributed by atoms with Crippen molar-refractivity contribution in [2.75, 3.05) is 31.1 Å². The molecular weight excluding hydrogens is 250 g/mol. The quantitative estimate of drug-likeness (QED) is 0.839. The molecule has 0 aromatic heterocycles. The van der Waals surface area contributed by atoms with Gasteiger partial charge >= 0.3 is 0 Å². The van der Waals surface area contributed by atoms with Gasteiger partial charge in [-0.3, -0.25) is 0 Å². The van der Waals surface area contributed by atoms with Crippen LogP contribution >= 0.6 is 24.0 Å². The van der Waals surface area contributed by atoms with E-state index in [0.29, 0.717) is 10.6 Å². The number of nitrogens with zero attached hydrogens (tertiary/aromatic N) is 1. The van der Waals surface area contributed by atoms with Gasteiger partial charge in [-0.2, -0.15) is 0 Å². The van der Waals surface area contributed by atoms with Gasteiger partial charge in [-0.25, -0.2) is 4.39 Å². The van der Waals surface area contributed by atoms with Gasteiger partial charge < -0.3 is 10.2 Å². The first-order valence-electron chi connectivity index (χ1n) is 5.10. The Morgan fingerprint density at radius 3 is 2.56 bits per heavy atom. The first-order valence-corrected chi connectivity index (χ1v) is 5.48. The molecule has 16 heavy (non-hydrogen) atoms. The Morgan fingerprint density at radius 1 is 1.31 bits per heavy atom. The highest BCUT2D eigenvalue weighted by Gasteiger charge is 2.15. The summed E-state index contributed by atoms with van der Waals surface area (Å²) in [6.07, 6.45) is 0. The molecule has 0 saturated carbocycles. The van der Waals surface area contributed by atoms with Crippen LogP contribution < -0.4 is 10.2 Å². The van der Waals surface area contributed by atoms with E-state index in [-0.39, 0.29) is 18.2 Å². The maximum absolute atomic E-state index is 13.2. The minimum atomic E-state index is -0.237. The van der Waals surface area contributed by atoms with E-state index in [4.69, 9.17) is 11.6 Å². The number of hydrogen-bond acceptors (Lipinski definition) is 2. The van der Waals surface area contributed by atoms with Gasteiger partial charge in [-0.1, -0.05) is 11.6 Å². The highest BCUT2D eigenvalue weighted by molar-refractivity contribution is 6.34. The predicted molar refractivity (Wildman–Crippen MR) is 68.5 cm³/mol. The van der Waals surface area contributed by atoms with E-state index < -0.39 is 0 Å². The second-order valence-corrected chi connectivity index (χ2v) is 4.12. The molecule has 0 bridgehead atoms. The van der Waals surface area contributed by atoms with Crippen LogP contribution in [0.1, 0.15) is 5.56 Å². The summed E-state index contributed by atoms with van der Waals surface area (Å²) in [5.41, 5.74) is 1.48. The molecule has 1 N–H and O–H groups in total. The maximum Gasteiger partial charge on any atom is 0.127 e. The van der Waals surface area contributed by atoms with Gasteiger partial charge in [0.15, 0.2) is 0 Å². The maximum atomic E-state index is 13.2. The Labute approximate surface area is 106 Å². The van der Waals surface area contributed by atoms with E-state index in [0.717, 1.165) is 31.9 Å². The molecule has 1 aromatic carbocycles. The highest BCUT2D eigenvalue weighted by atomic mass is 35.5. The van der Waals surface area contributed by atoms with Crippen LogP contribution in [-0.4, -0.2) is 26.2 Å². The molecule has 0 atom stereocenters. The van der Waals surface area contributed by atoms with Crippen LogP contribution in [0.5, 0.6) is 0 Å². The Kier molecular flexibility index (Phi) is 4.84. The Hall–Kier alpha value is -0.510. The fraction of sp³-hybridized carbons (Fsp3) is 0.455. The summed E-state index contributed by atoms with van der Waals surface area (Å²) >= 11 is 6.13. The van der Waals surface area contributed by atoms with Gasteiger partial charge in [0.1, 0.15) is 5.82 Å². The molecule has 0 aliphatic carbocycles. The zero-order valence-corrected chi connectivity index (χ0v) is 10.7. The van der Waals surface area contributed by atoms with Crippen LogP contribution in [0, 0.1) is 12.7 Å². The van der Waals surface area contributed by atoms with E-state index in [1.807, 2.05) is 0 Å². The van der Waals surface area contributed by atoms with Crippen molar-refractivity contribution in [1.82, 2.24) is 5.32 Å². The summed E-state index contributed by atoms with van der Waals surface area (Å²) in [6, 6.07) is 3.24. The summed E-state index contributed by atoms with van der Waals surface area (Å²) < 4.78 is 13.2. The van der Waals surface area contributed by atoms with Crippen molar-refractivity contribution in [2.45, 2.75) is 6.92 Å². The Bertz CT molecular complexity index is 365. The number of benzene rings is 1. The van der Waals surface area contributed by atoms with E-state index in [9.17, 15) is 4.39 Å². The SMILES string of the molecule is Cc1c(F)ccc(N2CCNCC2)c1Cl.Cl. The second-order valence-electron chi connectivity index (χ2n) is 3.74. The Balaban J connectivity index is 0.00000128. The fourth-order valence-corrected chi connectivity index (χ4v) is 2.07. The molecule has 0 amide bonds. The first-order chi connectivity index (χ1) is 7.20. The van der Waals surface area contributed by atoms with E-state index in [1.54, 1.807) is 13.0 Å². The predicted octanol–water partition coefficient (Wildman–Crippen LogP) is 2.62. The standard InChI is InChI=1S/C11H14ClFN2.ClH/c1-8-9(13)2-3-10(11(8)12)15-6-4-14-5-7-15;/h2-3,14H,4-7H2,1H3;1H. The van der Waals surface area contributed by atoms with Crippen molar-refractivity contribution in [3.8, 4) is 0 Å². The number of nitrogens with one attached hydrogen (secondary N) is 1.